The van der Waals surface area contributed by atoms with Crippen molar-refractivity contribution >= 4 is 0 Å². The molecular weight excluding hydrogens is 174 g/mol. The summed E-state index contributed by atoms with van der Waals surface area (Å²) in [7, 11) is 0. The molecule has 3 heteroatoms. The molecular formula is C11H21N3. The van der Waals surface area contributed by atoms with Crippen LogP contribution in [0.2, 0.25) is 0 Å². The Bertz CT molecular complexity index is 251. The molecule has 0 atom stereocenters. The third-order valence-electron chi connectivity index (χ3n) is 2.71. The predicted molar refractivity (Wildman–Crippen MR) is 59.5 cm³/mol. The van der Waals surface area contributed by atoms with Gasteiger partial charge in [0.15, 0.2) is 0 Å². The Labute approximate surface area is 86.5 Å². The molecule has 1 aromatic heterocycles. The average Bonchev–Trinajstić information content (AvgIpc) is 2.67. The summed E-state index contributed by atoms with van der Waals surface area (Å²) in [6, 6.07) is 0. The van der Waals surface area contributed by atoms with Crippen LogP contribution in [-0.4, -0.2) is 34.5 Å². The van der Waals surface area contributed by atoms with Gasteiger partial charge in [-0.1, -0.05) is 20.8 Å². The lowest BCUT2D eigenvalue weighted by Crippen LogP contribution is -2.25. The van der Waals surface area contributed by atoms with Gasteiger partial charge in [0, 0.05) is 18.7 Å². The number of hydrogen-bond donors (Lipinski definition) is 1. The molecule has 0 saturated heterocycles. The van der Waals surface area contributed by atoms with Gasteiger partial charge in [-0.25, -0.2) is 4.98 Å². The van der Waals surface area contributed by atoms with Gasteiger partial charge >= 0.3 is 0 Å². The first-order valence-electron chi connectivity index (χ1n) is 5.55. The molecule has 0 fully saturated rings. The van der Waals surface area contributed by atoms with Crippen LogP contribution in [0.4, 0.5) is 0 Å². The van der Waals surface area contributed by atoms with Crippen molar-refractivity contribution < 1.29 is 0 Å². The van der Waals surface area contributed by atoms with Crippen molar-refractivity contribution in [3.8, 4) is 0 Å². The maximum atomic E-state index is 4.29. The molecule has 0 aliphatic rings. The third kappa shape index (κ3) is 2.84. The lowest BCUT2D eigenvalue weighted by atomic mass is 10.2. The van der Waals surface area contributed by atoms with Gasteiger partial charge in [0.1, 0.15) is 0 Å². The zero-order chi connectivity index (χ0) is 10.4. The summed E-state index contributed by atoms with van der Waals surface area (Å²) in [6.07, 6.45) is 3.92. The SMILES string of the molecule is CCc1nc[nH]c1CCN(CC)CC. The highest BCUT2D eigenvalue weighted by Gasteiger charge is 2.05. The van der Waals surface area contributed by atoms with E-state index in [1.807, 2.05) is 0 Å². The quantitative estimate of drug-likeness (QED) is 0.751. The van der Waals surface area contributed by atoms with E-state index in [4.69, 9.17) is 0 Å². The zero-order valence-corrected chi connectivity index (χ0v) is 9.51. The Hall–Kier alpha value is -0.830. The second kappa shape index (κ2) is 5.81. The molecule has 1 aromatic rings. The van der Waals surface area contributed by atoms with Crippen LogP contribution < -0.4 is 0 Å². The second-order valence-electron chi connectivity index (χ2n) is 3.46. The summed E-state index contributed by atoms with van der Waals surface area (Å²) in [6.45, 7) is 9.95. The van der Waals surface area contributed by atoms with E-state index < -0.39 is 0 Å². The van der Waals surface area contributed by atoms with Crippen molar-refractivity contribution in [1.82, 2.24) is 14.9 Å². The van der Waals surface area contributed by atoms with E-state index in [1.54, 1.807) is 6.33 Å². The van der Waals surface area contributed by atoms with E-state index in [-0.39, 0.29) is 0 Å². The first kappa shape index (κ1) is 11.2. The Morgan fingerprint density at radius 3 is 2.57 bits per heavy atom. The Morgan fingerprint density at radius 1 is 1.29 bits per heavy atom. The summed E-state index contributed by atoms with van der Waals surface area (Å²) in [4.78, 5) is 9.94. The topological polar surface area (TPSA) is 31.9 Å². The van der Waals surface area contributed by atoms with Crippen LogP contribution in [0.25, 0.3) is 0 Å². The molecule has 1 N–H and O–H groups in total. The molecule has 0 radical (unpaired) electrons. The Balaban J connectivity index is 2.44. The number of nitrogens with zero attached hydrogens (tertiary/aromatic N) is 2. The molecule has 0 saturated carbocycles. The summed E-state index contributed by atoms with van der Waals surface area (Å²) < 4.78 is 0. The van der Waals surface area contributed by atoms with Crippen molar-refractivity contribution in [2.45, 2.75) is 33.6 Å². The van der Waals surface area contributed by atoms with Gasteiger partial charge in [0.05, 0.1) is 12.0 Å². The summed E-state index contributed by atoms with van der Waals surface area (Å²) in [5.41, 5.74) is 2.52. The highest BCUT2D eigenvalue weighted by molar-refractivity contribution is 5.11. The number of rotatable bonds is 6. The smallest absolute Gasteiger partial charge is 0.0925 e. The van der Waals surface area contributed by atoms with Gasteiger partial charge in [0.2, 0.25) is 0 Å². The molecule has 80 valence electrons. The number of aromatic amines is 1. The van der Waals surface area contributed by atoms with Gasteiger partial charge in [-0.2, -0.15) is 0 Å². The van der Waals surface area contributed by atoms with E-state index in [2.05, 4.69) is 35.6 Å². The second-order valence-corrected chi connectivity index (χ2v) is 3.46. The molecule has 0 bridgehead atoms. The predicted octanol–water partition coefficient (Wildman–Crippen LogP) is 1.86. The lowest BCUT2D eigenvalue weighted by Gasteiger charge is -2.17. The number of hydrogen-bond acceptors (Lipinski definition) is 2. The maximum Gasteiger partial charge on any atom is 0.0925 e. The standard InChI is InChI=1S/C11H21N3/c1-4-10-11(13-9-12-10)7-8-14(5-2)6-3/h9H,4-8H2,1-3H3,(H,12,13). The molecule has 0 aliphatic heterocycles. The normalized spacial score (nSPS) is 11.1. The van der Waals surface area contributed by atoms with Gasteiger partial charge in [-0.15, -0.1) is 0 Å². The van der Waals surface area contributed by atoms with E-state index in [0.29, 0.717) is 0 Å². The van der Waals surface area contributed by atoms with Crippen LogP contribution >= 0.6 is 0 Å². The zero-order valence-electron chi connectivity index (χ0n) is 9.51. The van der Waals surface area contributed by atoms with Gasteiger partial charge < -0.3 is 9.88 Å². The molecule has 0 aliphatic carbocycles. The highest BCUT2D eigenvalue weighted by Crippen LogP contribution is 2.05. The fourth-order valence-corrected chi connectivity index (χ4v) is 1.68. The molecule has 0 aromatic carbocycles. The molecule has 1 heterocycles. The Morgan fingerprint density at radius 2 is 2.00 bits per heavy atom. The fraction of sp³-hybridized carbons (Fsp3) is 0.727. The van der Waals surface area contributed by atoms with Crippen molar-refractivity contribution in [3.05, 3.63) is 17.7 Å². The molecule has 0 amide bonds. The van der Waals surface area contributed by atoms with Crippen molar-refractivity contribution in [3.63, 3.8) is 0 Å². The van der Waals surface area contributed by atoms with Gasteiger partial charge in [-0.3, -0.25) is 0 Å². The fourth-order valence-electron chi connectivity index (χ4n) is 1.68. The average molecular weight is 195 g/mol. The number of aryl methyl sites for hydroxylation is 1. The van der Waals surface area contributed by atoms with E-state index >= 15 is 0 Å². The van der Waals surface area contributed by atoms with Crippen LogP contribution in [0.5, 0.6) is 0 Å². The van der Waals surface area contributed by atoms with E-state index in [1.165, 1.54) is 11.4 Å². The van der Waals surface area contributed by atoms with Crippen molar-refractivity contribution in [2.24, 2.45) is 0 Å². The number of imidazole rings is 1. The van der Waals surface area contributed by atoms with Crippen LogP contribution in [-0.2, 0) is 12.8 Å². The number of aromatic nitrogens is 2. The minimum atomic E-state index is 1.02. The van der Waals surface area contributed by atoms with Crippen molar-refractivity contribution in [2.75, 3.05) is 19.6 Å². The summed E-state index contributed by atoms with van der Waals surface area (Å²) in [5, 5.41) is 0. The first-order chi connectivity index (χ1) is 6.81. The molecule has 0 spiro atoms. The van der Waals surface area contributed by atoms with Gasteiger partial charge in [-0.05, 0) is 19.5 Å². The minimum Gasteiger partial charge on any atom is -0.348 e. The van der Waals surface area contributed by atoms with Crippen LogP contribution in [0.1, 0.15) is 32.2 Å². The number of nitrogens with one attached hydrogen (secondary N) is 1. The van der Waals surface area contributed by atoms with Crippen LogP contribution in [0.15, 0.2) is 6.33 Å². The first-order valence-corrected chi connectivity index (χ1v) is 5.55. The highest BCUT2D eigenvalue weighted by atomic mass is 15.1. The summed E-state index contributed by atoms with van der Waals surface area (Å²) in [5.74, 6) is 0. The maximum absolute atomic E-state index is 4.29. The van der Waals surface area contributed by atoms with Crippen molar-refractivity contribution in [1.29, 1.82) is 0 Å². The lowest BCUT2D eigenvalue weighted by molar-refractivity contribution is 0.307. The molecule has 1 rings (SSSR count). The number of H-pyrrole nitrogens is 1. The molecule has 3 nitrogen and oxygen atoms in total. The molecule has 0 unspecified atom stereocenters. The Kier molecular flexibility index (Phi) is 4.66. The van der Waals surface area contributed by atoms with Gasteiger partial charge in [0.25, 0.3) is 0 Å². The van der Waals surface area contributed by atoms with Crippen LogP contribution in [0.3, 0.4) is 0 Å². The monoisotopic (exact) mass is 195 g/mol. The van der Waals surface area contributed by atoms with E-state index in [0.717, 1.165) is 32.5 Å². The molecule has 14 heavy (non-hydrogen) atoms. The largest absolute Gasteiger partial charge is 0.348 e. The van der Waals surface area contributed by atoms with Crippen LogP contribution in [0, 0.1) is 0 Å². The van der Waals surface area contributed by atoms with E-state index in [9.17, 15) is 0 Å². The summed E-state index contributed by atoms with van der Waals surface area (Å²) >= 11 is 0. The minimum absolute atomic E-state index is 1.02. The number of likely N-dealkylation sites (N-methyl/N-ethyl adjacent to an activating group) is 1. The third-order valence-corrected chi connectivity index (χ3v) is 2.71.